The number of hydrogen-bond acceptors (Lipinski definition) is 2. The molecule has 0 heterocycles. The molecule has 0 amide bonds. The van der Waals surface area contributed by atoms with Crippen LogP contribution < -0.4 is 11.1 Å². The quantitative estimate of drug-likeness (QED) is 0.610. The molecule has 0 aromatic carbocycles. The lowest BCUT2D eigenvalue weighted by Crippen LogP contribution is -2.11. The van der Waals surface area contributed by atoms with E-state index in [-0.39, 0.29) is 0 Å². The summed E-state index contributed by atoms with van der Waals surface area (Å²) in [6.07, 6.45) is 5.32. The van der Waals surface area contributed by atoms with Gasteiger partial charge in [-0.2, -0.15) is 0 Å². The summed E-state index contributed by atoms with van der Waals surface area (Å²) in [5.41, 5.74) is 8.16. The number of hydrogen-bond donors (Lipinski definition) is 2. The molecule has 0 saturated carbocycles. The maximum atomic E-state index is 5.55. The van der Waals surface area contributed by atoms with Gasteiger partial charge in [0, 0.05) is 13.1 Å². The molecule has 0 aromatic heterocycles. The Labute approximate surface area is 75.5 Å². The third kappa shape index (κ3) is 4.31. The fourth-order valence-electron chi connectivity index (χ4n) is 1.03. The number of likely N-dealkylation sites (N-methyl/N-ethyl adjacent to an activating group) is 1. The van der Waals surface area contributed by atoms with Crippen LogP contribution in [0.2, 0.25) is 0 Å². The third-order valence-corrected chi connectivity index (χ3v) is 1.85. The second-order valence-corrected chi connectivity index (χ2v) is 2.75. The van der Waals surface area contributed by atoms with Crippen molar-refractivity contribution in [3.63, 3.8) is 0 Å². The van der Waals surface area contributed by atoms with E-state index >= 15 is 0 Å². The first kappa shape index (κ1) is 11.4. The van der Waals surface area contributed by atoms with Crippen molar-refractivity contribution in [1.82, 2.24) is 5.32 Å². The van der Waals surface area contributed by atoms with Gasteiger partial charge in [0.25, 0.3) is 0 Å². The van der Waals surface area contributed by atoms with Gasteiger partial charge in [-0.05, 0) is 26.0 Å². The summed E-state index contributed by atoms with van der Waals surface area (Å²) in [7, 11) is 1.96. The van der Waals surface area contributed by atoms with Gasteiger partial charge >= 0.3 is 0 Å². The second-order valence-electron chi connectivity index (χ2n) is 2.75. The SMILES string of the molecule is C/C=C(\C=C(/CC)CNC)CN. The molecule has 0 aromatic rings. The lowest BCUT2D eigenvalue weighted by molar-refractivity contribution is 0.842. The van der Waals surface area contributed by atoms with E-state index in [4.69, 9.17) is 5.73 Å². The first-order valence-corrected chi connectivity index (χ1v) is 4.47. The summed E-state index contributed by atoms with van der Waals surface area (Å²) in [4.78, 5) is 0. The summed E-state index contributed by atoms with van der Waals surface area (Å²) in [5, 5.41) is 3.14. The standard InChI is InChI=1S/C10H20N2/c1-4-9(7-11)6-10(5-2)8-12-3/h4,6,12H,5,7-8,11H2,1-3H3/b9-4+,10-6+. The Morgan fingerprint density at radius 2 is 2.17 bits per heavy atom. The number of nitrogens with two attached hydrogens (primary N) is 1. The van der Waals surface area contributed by atoms with Crippen LogP contribution in [0.15, 0.2) is 23.3 Å². The molecule has 0 rings (SSSR count). The first-order chi connectivity index (χ1) is 5.78. The van der Waals surface area contributed by atoms with E-state index in [1.807, 2.05) is 14.0 Å². The molecule has 0 radical (unpaired) electrons. The highest BCUT2D eigenvalue weighted by molar-refractivity contribution is 5.24. The minimum atomic E-state index is 0.629. The van der Waals surface area contributed by atoms with Crippen LogP contribution in [0.4, 0.5) is 0 Å². The van der Waals surface area contributed by atoms with Crippen molar-refractivity contribution in [2.24, 2.45) is 5.73 Å². The summed E-state index contributed by atoms with van der Waals surface area (Å²) in [5.74, 6) is 0. The molecule has 0 bridgehead atoms. The Hall–Kier alpha value is -0.600. The maximum absolute atomic E-state index is 5.55. The van der Waals surface area contributed by atoms with Crippen LogP contribution in [-0.4, -0.2) is 20.1 Å². The third-order valence-electron chi connectivity index (χ3n) is 1.85. The van der Waals surface area contributed by atoms with Crippen molar-refractivity contribution in [2.45, 2.75) is 20.3 Å². The molecule has 0 aliphatic carbocycles. The van der Waals surface area contributed by atoms with Gasteiger partial charge in [0.1, 0.15) is 0 Å². The topological polar surface area (TPSA) is 38.0 Å². The molecule has 0 aliphatic heterocycles. The van der Waals surface area contributed by atoms with E-state index in [2.05, 4.69) is 24.4 Å². The van der Waals surface area contributed by atoms with E-state index in [1.165, 1.54) is 11.1 Å². The predicted molar refractivity (Wildman–Crippen MR) is 55.1 cm³/mol. The molecule has 0 saturated heterocycles. The Morgan fingerprint density at radius 3 is 2.50 bits per heavy atom. The van der Waals surface area contributed by atoms with Crippen LogP contribution in [0.5, 0.6) is 0 Å². The van der Waals surface area contributed by atoms with E-state index < -0.39 is 0 Å². The van der Waals surface area contributed by atoms with Crippen LogP contribution in [0.1, 0.15) is 20.3 Å². The molecule has 2 nitrogen and oxygen atoms in total. The van der Waals surface area contributed by atoms with Gasteiger partial charge in [-0.15, -0.1) is 0 Å². The highest BCUT2D eigenvalue weighted by Gasteiger charge is 1.93. The maximum Gasteiger partial charge on any atom is 0.0174 e. The first-order valence-electron chi connectivity index (χ1n) is 4.47. The van der Waals surface area contributed by atoms with Crippen LogP contribution in [0, 0.1) is 0 Å². The van der Waals surface area contributed by atoms with Crippen molar-refractivity contribution in [2.75, 3.05) is 20.1 Å². The lowest BCUT2D eigenvalue weighted by atomic mass is 10.1. The summed E-state index contributed by atoms with van der Waals surface area (Å²) in [6, 6.07) is 0. The average Bonchev–Trinajstić information content (AvgIpc) is 2.12. The van der Waals surface area contributed by atoms with Gasteiger partial charge in [-0.1, -0.05) is 24.6 Å². The smallest absolute Gasteiger partial charge is 0.0174 e. The van der Waals surface area contributed by atoms with Crippen molar-refractivity contribution >= 4 is 0 Å². The second kappa shape index (κ2) is 7.07. The zero-order valence-electron chi connectivity index (χ0n) is 8.35. The van der Waals surface area contributed by atoms with Crippen molar-refractivity contribution in [3.05, 3.63) is 23.3 Å². The Bertz CT molecular complexity index is 169. The molecule has 0 atom stereocenters. The highest BCUT2D eigenvalue weighted by atomic mass is 14.8. The average molecular weight is 168 g/mol. The van der Waals surface area contributed by atoms with Gasteiger partial charge < -0.3 is 11.1 Å². The largest absolute Gasteiger partial charge is 0.327 e. The Kier molecular flexibility index (Phi) is 6.72. The fourth-order valence-corrected chi connectivity index (χ4v) is 1.03. The van der Waals surface area contributed by atoms with E-state index in [0.717, 1.165) is 13.0 Å². The van der Waals surface area contributed by atoms with Crippen LogP contribution in [-0.2, 0) is 0 Å². The normalized spacial score (nSPS) is 13.7. The molecule has 0 fully saturated rings. The van der Waals surface area contributed by atoms with Crippen LogP contribution >= 0.6 is 0 Å². The van der Waals surface area contributed by atoms with E-state index in [1.54, 1.807) is 0 Å². The minimum absolute atomic E-state index is 0.629. The summed E-state index contributed by atoms with van der Waals surface area (Å²) < 4.78 is 0. The van der Waals surface area contributed by atoms with Crippen molar-refractivity contribution in [1.29, 1.82) is 0 Å². The molecular formula is C10H20N2. The van der Waals surface area contributed by atoms with Crippen LogP contribution in [0.3, 0.4) is 0 Å². The molecule has 2 heteroatoms. The summed E-state index contributed by atoms with van der Waals surface area (Å²) >= 11 is 0. The molecule has 70 valence electrons. The molecule has 0 aliphatic rings. The molecular weight excluding hydrogens is 148 g/mol. The monoisotopic (exact) mass is 168 g/mol. The van der Waals surface area contributed by atoms with E-state index in [9.17, 15) is 0 Å². The van der Waals surface area contributed by atoms with E-state index in [0.29, 0.717) is 6.54 Å². The van der Waals surface area contributed by atoms with Crippen molar-refractivity contribution in [3.8, 4) is 0 Å². The van der Waals surface area contributed by atoms with Gasteiger partial charge in [-0.3, -0.25) is 0 Å². The zero-order valence-corrected chi connectivity index (χ0v) is 8.35. The van der Waals surface area contributed by atoms with Gasteiger partial charge in [0.05, 0.1) is 0 Å². The predicted octanol–water partition coefficient (Wildman–Crippen LogP) is 1.45. The summed E-state index contributed by atoms with van der Waals surface area (Å²) in [6.45, 7) is 5.76. The van der Waals surface area contributed by atoms with Crippen molar-refractivity contribution < 1.29 is 0 Å². The Morgan fingerprint density at radius 1 is 1.50 bits per heavy atom. The van der Waals surface area contributed by atoms with Crippen LogP contribution in [0.25, 0.3) is 0 Å². The number of nitrogens with one attached hydrogen (secondary N) is 1. The Balaban J connectivity index is 4.24. The fraction of sp³-hybridized carbons (Fsp3) is 0.600. The molecule has 12 heavy (non-hydrogen) atoms. The van der Waals surface area contributed by atoms with Gasteiger partial charge in [-0.25, -0.2) is 0 Å². The molecule has 0 unspecified atom stereocenters. The number of rotatable bonds is 5. The van der Waals surface area contributed by atoms with Gasteiger partial charge in [0.15, 0.2) is 0 Å². The minimum Gasteiger partial charge on any atom is -0.327 e. The zero-order chi connectivity index (χ0) is 9.40. The highest BCUT2D eigenvalue weighted by Crippen LogP contribution is 2.04. The lowest BCUT2D eigenvalue weighted by Gasteiger charge is -2.04. The molecule has 0 spiro atoms. The van der Waals surface area contributed by atoms with Gasteiger partial charge in [0.2, 0.25) is 0 Å². The molecule has 3 N–H and O–H groups in total. The number of allylic oxidation sites excluding steroid dienone is 1.